The molecule has 1 amide bonds. The highest BCUT2D eigenvalue weighted by molar-refractivity contribution is 9.10. The molecule has 0 radical (unpaired) electrons. The first-order chi connectivity index (χ1) is 15.0. The normalized spacial score (nSPS) is 18.0. The highest BCUT2D eigenvalue weighted by atomic mass is 79.9. The number of likely N-dealkylation sites (tertiary alicyclic amines) is 1. The molecule has 158 valence electrons. The van der Waals surface area contributed by atoms with Crippen LogP contribution in [-0.4, -0.2) is 38.2 Å². The van der Waals surface area contributed by atoms with Crippen LogP contribution in [0.3, 0.4) is 0 Å². The second-order valence-corrected chi connectivity index (χ2v) is 8.37. The van der Waals surface area contributed by atoms with Crippen LogP contribution in [0.5, 0.6) is 0 Å². The van der Waals surface area contributed by atoms with Gasteiger partial charge in [0, 0.05) is 35.4 Å². The molecular formula is C24H22BrN3O3. The maximum absolute atomic E-state index is 13.0. The van der Waals surface area contributed by atoms with Gasteiger partial charge in [-0.15, -0.1) is 0 Å². The van der Waals surface area contributed by atoms with E-state index in [1.54, 1.807) is 29.4 Å². The van der Waals surface area contributed by atoms with Crippen molar-refractivity contribution < 1.29 is 14.7 Å². The highest BCUT2D eigenvalue weighted by Gasteiger charge is 2.46. The topological polar surface area (TPSA) is 86.3 Å². The molecule has 2 aromatic carbocycles. The Morgan fingerprint density at radius 3 is 2.58 bits per heavy atom. The van der Waals surface area contributed by atoms with Crippen LogP contribution in [0.15, 0.2) is 71.0 Å². The van der Waals surface area contributed by atoms with Crippen LogP contribution in [0.25, 0.3) is 5.76 Å². The number of benzene rings is 2. The lowest BCUT2D eigenvalue weighted by Crippen LogP contribution is -2.31. The number of aliphatic hydroxyl groups excluding tert-OH is 1. The smallest absolute Gasteiger partial charge is 0.295 e. The second-order valence-electron chi connectivity index (χ2n) is 7.52. The van der Waals surface area contributed by atoms with E-state index >= 15 is 0 Å². The number of aryl methyl sites for hydroxylation is 2. The zero-order valence-electron chi connectivity index (χ0n) is 17.0. The van der Waals surface area contributed by atoms with Gasteiger partial charge in [0.2, 0.25) is 0 Å². The van der Waals surface area contributed by atoms with Gasteiger partial charge in [0.1, 0.15) is 11.6 Å². The monoisotopic (exact) mass is 479 g/mol. The van der Waals surface area contributed by atoms with Crippen molar-refractivity contribution >= 4 is 33.4 Å². The summed E-state index contributed by atoms with van der Waals surface area (Å²) in [5.74, 6) is -0.605. The summed E-state index contributed by atoms with van der Waals surface area (Å²) in [6.45, 7) is 2.31. The lowest BCUT2D eigenvalue weighted by molar-refractivity contribution is -0.139. The van der Waals surface area contributed by atoms with Gasteiger partial charge in [0.25, 0.3) is 11.7 Å². The zero-order chi connectivity index (χ0) is 22.0. The number of aromatic nitrogens is 2. The van der Waals surface area contributed by atoms with Crippen molar-refractivity contribution in [3.8, 4) is 0 Å². The van der Waals surface area contributed by atoms with Crippen molar-refractivity contribution in [1.29, 1.82) is 0 Å². The van der Waals surface area contributed by atoms with Crippen molar-refractivity contribution in [2.75, 3.05) is 6.54 Å². The summed E-state index contributed by atoms with van der Waals surface area (Å²) in [6, 6.07) is 14.0. The molecule has 31 heavy (non-hydrogen) atoms. The molecule has 2 N–H and O–H groups in total. The fourth-order valence-corrected chi connectivity index (χ4v) is 4.35. The molecule has 1 unspecified atom stereocenters. The summed E-state index contributed by atoms with van der Waals surface area (Å²) in [7, 11) is 0. The maximum Gasteiger partial charge on any atom is 0.295 e. The van der Waals surface area contributed by atoms with Crippen molar-refractivity contribution in [2.45, 2.75) is 25.8 Å². The fourth-order valence-electron chi connectivity index (χ4n) is 3.85. The predicted molar refractivity (Wildman–Crippen MR) is 121 cm³/mol. The number of hydrogen-bond acceptors (Lipinski definition) is 4. The Hall–Kier alpha value is -3.19. The number of aliphatic hydroxyl groups is 1. The third-order valence-electron chi connectivity index (χ3n) is 5.43. The average molecular weight is 480 g/mol. The lowest BCUT2D eigenvalue weighted by Gasteiger charge is -2.26. The number of nitrogens with one attached hydrogen (secondary N) is 1. The van der Waals surface area contributed by atoms with Gasteiger partial charge >= 0.3 is 0 Å². The summed E-state index contributed by atoms with van der Waals surface area (Å²) in [5.41, 5.74) is 2.42. The molecule has 2 heterocycles. The summed E-state index contributed by atoms with van der Waals surface area (Å²) in [6.07, 6.45) is 4.72. The van der Waals surface area contributed by atoms with Crippen molar-refractivity contribution in [2.24, 2.45) is 0 Å². The minimum Gasteiger partial charge on any atom is -0.507 e. The van der Waals surface area contributed by atoms with E-state index in [2.05, 4.69) is 25.9 Å². The maximum atomic E-state index is 13.0. The molecule has 7 heteroatoms. The number of aromatic amines is 1. The molecule has 1 saturated heterocycles. The van der Waals surface area contributed by atoms with Gasteiger partial charge in [-0.25, -0.2) is 4.98 Å². The van der Waals surface area contributed by atoms with Crippen LogP contribution in [0.4, 0.5) is 0 Å². The first kappa shape index (κ1) is 21.1. The molecule has 6 nitrogen and oxygen atoms in total. The molecule has 0 spiro atoms. The molecule has 4 rings (SSSR count). The van der Waals surface area contributed by atoms with E-state index in [4.69, 9.17) is 0 Å². The van der Waals surface area contributed by atoms with Gasteiger partial charge < -0.3 is 15.0 Å². The SMILES string of the molecule is Cc1ccc(/C(O)=C2\C(=O)C(=O)N(CCCc3ncc[nH]3)C2c2ccccc2Br)cc1. The van der Waals surface area contributed by atoms with Gasteiger partial charge in [-0.05, 0) is 25.0 Å². The van der Waals surface area contributed by atoms with E-state index in [-0.39, 0.29) is 11.3 Å². The van der Waals surface area contributed by atoms with E-state index < -0.39 is 17.7 Å². The van der Waals surface area contributed by atoms with Crippen LogP contribution in [0, 0.1) is 6.92 Å². The van der Waals surface area contributed by atoms with E-state index in [0.29, 0.717) is 24.9 Å². The number of imidazole rings is 1. The number of ketones is 1. The first-order valence-corrected chi connectivity index (χ1v) is 10.8. The molecular weight excluding hydrogens is 458 g/mol. The van der Waals surface area contributed by atoms with Gasteiger partial charge in [-0.1, -0.05) is 64.0 Å². The Labute approximate surface area is 188 Å². The molecule has 1 aromatic heterocycles. The van der Waals surface area contributed by atoms with Crippen molar-refractivity contribution in [1.82, 2.24) is 14.9 Å². The Morgan fingerprint density at radius 2 is 1.90 bits per heavy atom. The highest BCUT2D eigenvalue weighted by Crippen LogP contribution is 2.41. The fraction of sp³-hybridized carbons (Fsp3) is 0.208. The Balaban J connectivity index is 1.75. The molecule has 1 atom stereocenters. The summed E-state index contributed by atoms with van der Waals surface area (Å²) in [4.78, 5) is 34.8. The quantitative estimate of drug-likeness (QED) is 0.308. The number of carbonyl (C=O) groups is 2. The van der Waals surface area contributed by atoms with Gasteiger partial charge in [0.05, 0.1) is 11.6 Å². The molecule has 0 aliphatic carbocycles. The summed E-state index contributed by atoms with van der Waals surface area (Å²) in [5, 5.41) is 11.1. The predicted octanol–water partition coefficient (Wildman–Crippen LogP) is 4.54. The Kier molecular flexibility index (Phi) is 6.04. The standard InChI is InChI=1S/C24H22BrN3O3/c1-15-8-10-16(11-9-15)22(29)20-21(17-5-2-3-6-18(17)25)28(24(31)23(20)30)14-4-7-19-26-12-13-27-19/h2-3,5-6,8-13,21,29H,4,7,14H2,1H3,(H,26,27)/b22-20+. The van der Waals surface area contributed by atoms with E-state index in [1.165, 1.54) is 0 Å². The van der Waals surface area contributed by atoms with Gasteiger partial charge in [-0.3, -0.25) is 9.59 Å². The summed E-state index contributed by atoms with van der Waals surface area (Å²) < 4.78 is 0.771. The van der Waals surface area contributed by atoms with Gasteiger partial charge in [-0.2, -0.15) is 0 Å². The second kappa shape index (κ2) is 8.89. The molecule has 0 bridgehead atoms. The number of H-pyrrole nitrogens is 1. The Morgan fingerprint density at radius 1 is 1.16 bits per heavy atom. The van der Waals surface area contributed by atoms with Crippen LogP contribution in [0.2, 0.25) is 0 Å². The van der Waals surface area contributed by atoms with E-state index in [1.807, 2.05) is 43.3 Å². The molecule has 3 aromatic rings. The first-order valence-electron chi connectivity index (χ1n) is 10.1. The zero-order valence-corrected chi connectivity index (χ0v) is 18.6. The molecule has 1 aliphatic rings. The third-order valence-corrected chi connectivity index (χ3v) is 6.15. The minimum absolute atomic E-state index is 0.110. The largest absolute Gasteiger partial charge is 0.507 e. The molecule has 1 aliphatic heterocycles. The molecule has 1 fully saturated rings. The van der Waals surface area contributed by atoms with Crippen LogP contribution < -0.4 is 0 Å². The van der Waals surface area contributed by atoms with Crippen LogP contribution >= 0.6 is 15.9 Å². The van der Waals surface area contributed by atoms with E-state index in [9.17, 15) is 14.7 Å². The number of halogens is 1. The lowest BCUT2D eigenvalue weighted by atomic mass is 9.95. The number of hydrogen-bond donors (Lipinski definition) is 2. The van der Waals surface area contributed by atoms with Gasteiger partial charge in [0.15, 0.2) is 0 Å². The van der Waals surface area contributed by atoms with Crippen LogP contribution in [-0.2, 0) is 16.0 Å². The third kappa shape index (κ3) is 4.18. The number of amides is 1. The average Bonchev–Trinajstić information content (AvgIpc) is 3.36. The minimum atomic E-state index is -0.673. The number of nitrogens with zero attached hydrogens (tertiary/aromatic N) is 2. The van der Waals surface area contributed by atoms with Crippen molar-refractivity contribution in [3.63, 3.8) is 0 Å². The number of rotatable bonds is 6. The van der Waals surface area contributed by atoms with Crippen molar-refractivity contribution in [3.05, 3.63) is 93.5 Å². The Bertz CT molecular complexity index is 1140. The summed E-state index contributed by atoms with van der Waals surface area (Å²) >= 11 is 3.55. The van der Waals surface area contributed by atoms with Crippen LogP contribution in [0.1, 0.15) is 35.0 Å². The number of Topliss-reactive ketones (excluding diaryl/α,β-unsaturated/α-hetero) is 1. The van der Waals surface area contributed by atoms with E-state index in [0.717, 1.165) is 21.4 Å². The number of carbonyl (C=O) groups excluding carboxylic acids is 2. The molecule has 0 saturated carbocycles.